The van der Waals surface area contributed by atoms with Crippen molar-refractivity contribution in [1.82, 2.24) is 10.4 Å². The second-order valence-corrected chi connectivity index (χ2v) is 9.94. The van der Waals surface area contributed by atoms with Crippen molar-refractivity contribution < 1.29 is 37.0 Å². The summed E-state index contributed by atoms with van der Waals surface area (Å²) in [5.41, 5.74) is 2.40. The average Bonchev–Trinajstić information content (AvgIpc) is 3.41. The van der Waals surface area contributed by atoms with Crippen LogP contribution in [0.25, 0.3) is 22.0 Å². The molecule has 0 aliphatic heterocycles. The molecule has 5 rings (SSSR count). The van der Waals surface area contributed by atoms with E-state index >= 15 is 0 Å². The number of aromatic nitrogens is 1. The van der Waals surface area contributed by atoms with Gasteiger partial charge in [0.25, 0.3) is 5.91 Å². The van der Waals surface area contributed by atoms with Crippen LogP contribution < -0.4 is 19.6 Å². The van der Waals surface area contributed by atoms with Gasteiger partial charge in [-0.15, -0.1) is 0 Å². The number of halogens is 4. The standard InChI is InChI=1S/C33H25ClF3N3O5/c1-3-44-27-17-19(11-16-26(27)45-32(42)20-12-14-21(43-2)15-13-20)18-38-40-31(41)30-28(22-7-4-5-10-25(22)34)23-8-6-9-24(29(23)39-30)33(35,36)37/h4-18,39H,3H2,1-2H3,(H,40,41). The van der Waals surface area contributed by atoms with Crippen LogP contribution in [0.1, 0.15) is 38.9 Å². The third-order valence-electron chi connectivity index (χ3n) is 6.69. The summed E-state index contributed by atoms with van der Waals surface area (Å²) in [6, 6.07) is 21.3. The normalized spacial score (nSPS) is 11.5. The molecule has 0 spiro atoms. The molecule has 0 saturated heterocycles. The highest BCUT2D eigenvalue weighted by molar-refractivity contribution is 6.34. The monoisotopic (exact) mass is 635 g/mol. The van der Waals surface area contributed by atoms with Crippen LogP contribution in [-0.4, -0.2) is 36.8 Å². The average molecular weight is 636 g/mol. The molecule has 12 heteroatoms. The molecule has 0 atom stereocenters. The van der Waals surface area contributed by atoms with E-state index in [9.17, 15) is 22.8 Å². The number of amides is 1. The molecule has 0 bridgehead atoms. The Kier molecular flexibility index (Phi) is 9.10. The number of hydrogen-bond donors (Lipinski definition) is 2. The minimum absolute atomic E-state index is 0.150. The van der Waals surface area contributed by atoms with Crippen LogP contribution in [0.5, 0.6) is 17.2 Å². The number of methoxy groups -OCH3 is 1. The third-order valence-corrected chi connectivity index (χ3v) is 7.01. The molecule has 45 heavy (non-hydrogen) atoms. The van der Waals surface area contributed by atoms with Gasteiger partial charge in [0, 0.05) is 21.5 Å². The summed E-state index contributed by atoms with van der Waals surface area (Å²) in [5, 5.41) is 4.43. The third kappa shape index (κ3) is 6.78. The summed E-state index contributed by atoms with van der Waals surface area (Å²) in [7, 11) is 1.52. The summed E-state index contributed by atoms with van der Waals surface area (Å²) >= 11 is 6.39. The molecule has 0 unspecified atom stereocenters. The topological polar surface area (TPSA) is 102 Å². The number of hydrogen-bond acceptors (Lipinski definition) is 6. The van der Waals surface area contributed by atoms with Gasteiger partial charge >= 0.3 is 12.1 Å². The lowest BCUT2D eigenvalue weighted by Gasteiger charge is -2.11. The first kappa shape index (κ1) is 31.1. The van der Waals surface area contributed by atoms with Crippen LogP contribution in [0.4, 0.5) is 13.2 Å². The number of nitrogens with zero attached hydrogens (tertiary/aromatic N) is 1. The maximum atomic E-state index is 13.8. The quantitative estimate of drug-likeness (QED) is 0.0742. The fourth-order valence-electron chi connectivity index (χ4n) is 4.63. The molecule has 0 saturated carbocycles. The number of carbonyl (C=O) groups is 2. The predicted octanol–water partition coefficient (Wildman–Crippen LogP) is 7.90. The number of H-pyrrole nitrogens is 1. The van der Waals surface area contributed by atoms with Gasteiger partial charge in [0.2, 0.25) is 0 Å². The van der Waals surface area contributed by atoms with Crippen molar-refractivity contribution in [2.24, 2.45) is 5.10 Å². The van der Waals surface area contributed by atoms with E-state index in [1.807, 2.05) is 0 Å². The number of nitrogens with one attached hydrogen (secondary N) is 2. The maximum absolute atomic E-state index is 13.8. The van der Waals surface area contributed by atoms with E-state index < -0.39 is 23.6 Å². The first-order valence-electron chi connectivity index (χ1n) is 13.5. The zero-order valence-corrected chi connectivity index (χ0v) is 24.6. The lowest BCUT2D eigenvalue weighted by Crippen LogP contribution is -2.19. The van der Waals surface area contributed by atoms with E-state index in [2.05, 4.69) is 15.5 Å². The van der Waals surface area contributed by atoms with Gasteiger partial charge in [-0.2, -0.15) is 18.3 Å². The highest BCUT2D eigenvalue weighted by Crippen LogP contribution is 2.41. The second-order valence-electron chi connectivity index (χ2n) is 9.54. The van der Waals surface area contributed by atoms with Gasteiger partial charge in [0.15, 0.2) is 11.5 Å². The number of esters is 1. The molecule has 1 heterocycles. The van der Waals surface area contributed by atoms with Gasteiger partial charge in [-0.05, 0) is 67.1 Å². The van der Waals surface area contributed by atoms with Crippen LogP contribution in [0.15, 0.2) is 90.0 Å². The minimum Gasteiger partial charge on any atom is -0.497 e. The fourth-order valence-corrected chi connectivity index (χ4v) is 4.86. The summed E-state index contributed by atoms with van der Waals surface area (Å²) in [6.07, 6.45) is -3.35. The fraction of sp³-hybridized carbons (Fsp3) is 0.121. The number of ether oxygens (including phenoxy) is 3. The van der Waals surface area contributed by atoms with Crippen LogP contribution in [-0.2, 0) is 6.18 Å². The Labute approximate surface area is 260 Å². The number of hydrazone groups is 1. The first-order chi connectivity index (χ1) is 21.6. The smallest absolute Gasteiger partial charge is 0.418 e. The molecule has 4 aromatic carbocycles. The molecule has 1 amide bonds. The van der Waals surface area contributed by atoms with E-state index in [0.29, 0.717) is 22.4 Å². The molecule has 5 aromatic rings. The highest BCUT2D eigenvalue weighted by atomic mass is 35.5. The van der Waals surface area contributed by atoms with Crippen molar-refractivity contribution in [2.75, 3.05) is 13.7 Å². The Bertz CT molecular complexity index is 1900. The maximum Gasteiger partial charge on any atom is 0.418 e. The summed E-state index contributed by atoms with van der Waals surface area (Å²) in [5.74, 6) is -0.380. The van der Waals surface area contributed by atoms with Gasteiger partial charge in [-0.3, -0.25) is 4.79 Å². The van der Waals surface area contributed by atoms with Crippen molar-refractivity contribution in [1.29, 1.82) is 0 Å². The number of rotatable bonds is 9. The highest BCUT2D eigenvalue weighted by Gasteiger charge is 2.35. The lowest BCUT2D eigenvalue weighted by molar-refractivity contribution is -0.136. The molecule has 0 aliphatic carbocycles. The molecule has 0 fully saturated rings. The van der Waals surface area contributed by atoms with Crippen molar-refractivity contribution in [2.45, 2.75) is 13.1 Å². The zero-order chi connectivity index (χ0) is 32.1. The Morgan fingerprint density at radius 2 is 1.73 bits per heavy atom. The van der Waals surface area contributed by atoms with Crippen LogP contribution in [0.3, 0.4) is 0 Å². The van der Waals surface area contributed by atoms with E-state index in [1.165, 1.54) is 31.5 Å². The van der Waals surface area contributed by atoms with Crippen molar-refractivity contribution >= 4 is 40.6 Å². The molecule has 0 radical (unpaired) electrons. The first-order valence-corrected chi connectivity index (χ1v) is 13.9. The molecule has 8 nitrogen and oxygen atoms in total. The van der Waals surface area contributed by atoms with Gasteiger partial charge in [-0.1, -0.05) is 41.9 Å². The molecule has 230 valence electrons. The Morgan fingerprint density at radius 1 is 0.978 bits per heavy atom. The number of benzene rings is 4. The largest absolute Gasteiger partial charge is 0.497 e. The van der Waals surface area contributed by atoms with Crippen molar-refractivity contribution in [3.05, 3.63) is 112 Å². The number of carbonyl (C=O) groups excluding carboxylic acids is 2. The van der Waals surface area contributed by atoms with Crippen molar-refractivity contribution in [3.8, 4) is 28.4 Å². The summed E-state index contributed by atoms with van der Waals surface area (Å²) < 4.78 is 57.7. The van der Waals surface area contributed by atoms with E-state index in [0.717, 1.165) is 6.07 Å². The number of fused-ring (bicyclic) bond motifs is 1. The molecular weight excluding hydrogens is 611 g/mol. The summed E-state index contributed by atoms with van der Waals surface area (Å²) in [6.45, 7) is 2.03. The van der Waals surface area contributed by atoms with Gasteiger partial charge in [-0.25, -0.2) is 10.2 Å². The second kappa shape index (κ2) is 13.1. The van der Waals surface area contributed by atoms with Gasteiger partial charge < -0.3 is 19.2 Å². The zero-order valence-electron chi connectivity index (χ0n) is 23.9. The lowest BCUT2D eigenvalue weighted by atomic mass is 10.00. The number of para-hydroxylation sites is 1. The van der Waals surface area contributed by atoms with E-state index in [1.54, 1.807) is 67.6 Å². The Morgan fingerprint density at radius 3 is 2.42 bits per heavy atom. The number of alkyl halides is 3. The van der Waals surface area contributed by atoms with E-state index in [-0.39, 0.29) is 45.3 Å². The molecule has 1 aromatic heterocycles. The van der Waals surface area contributed by atoms with Gasteiger partial charge in [0.1, 0.15) is 11.4 Å². The summed E-state index contributed by atoms with van der Waals surface area (Å²) in [4.78, 5) is 28.6. The SMILES string of the molecule is CCOc1cc(C=NNC(=O)c2[nH]c3c(C(F)(F)F)cccc3c2-c2ccccc2Cl)ccc1OC(=O)c1ccc(OC)cc1. The van der Waals surface area contributed by atoms with Crippen molar-refractivity contribution in [3.63, 3.8) is 0 Å². The predicted molar refractivity (Wildman–Crippen MR) is 164 cm³/mol. The molecular formula is C33H25ClF3N3O5. The minimum atomic E-state index is -4.67. The molecule has 2 N–H and O–H groups in total. The Balaban J connectivity index is 1.41. The van der Waals surface area contributed by atoms with Crippen LogP contribution in [0.2, 0.25) is 5.02 Å². The van der Waals surface area contributed by atoms with Gasteiger partial charge in [0.05, 0.1) is 36.6 Å². The van der Waals surface area contributed by atoms with E-state index in [4.69, 9.17) is 25.8 Å². The van der Waals surface area contributed by atoms with Crippen LogP contribution >= 0.6 is 11.6 Å². The Hall–Kier alpha value is -5.29. The van der Waals surface area contributed by atoms with Crippen LogP contribution in [0, 0.1) is 0 Å². The number of aromatic amines is 1. The molecule has 0 aliphatic rings.